The maximum Gasteiger partial charge on any atom is 0.410 e. The number of aliphatic hydroxyl groups excluding tert-OH is 1. The van der Waals surface area contributed by atoms with Crippen molar-refractivity contribution < 1.29 is 14.6 Å². The predicted molar refractivity (Wildman–Crippen MR) is 111 cm³/mol. The number of amides is 1. The zero-order valence-electron chi connectivity index (χ0n) is 16.5. The highest BCUT2D eigenvalue weighted by molar-refractivity contribution is 5.79. The van der Waals surface area contributed by atoms with Gasteiger partial charge in [0.1, 0.15) is 12.7 Å². The van der Waals surface area contributed by atoms with E-state index in [1.165, 1.54) is 22.3 Å². The SMILES string of the molecule is O=C(OCC1c2ccccc2-c2ccccc21)N1CC(O)c2[nH]cnc2C12CCC2. The number of nitrogens with zero attached hydrogens (tertiary/aromatic N) is 2. The van der Waals surface area contributed by atoms with Crippen LogP contribution in [0.4, 0.5) is 4.79 Å². The maximum absolute atomic E-state index is 13.2. The molecule has 6 nitrogen and oxygen atoms in total. The molecule has 2 N–H and O–H groups in total. The summed E-state index contributed by atoms with van der Waals surface area (Å²) in [4.78, 5) is 22.4. The molecule has 1 amide bonds. The number of rotatable bonds is 2. The number of H-pyrrole nitrogens is 1. The number of carbonyl (C=O) groups excluding carboxylic acids is 1. The summed E-state index contributed by atoms with van der Waals surface area (Å²) in [5.41, 5.74) is 5.88. The van der Waals surface area contributed by atoms with Crippen LogP contribution in [0.3, 0.4) is 0 Å². The van der Waals surface area contributed by atoms with Crippen molar-refractivity contribution >= 4 is 6.09 Å². The van der Waals surface area contributed by atoms with Gasteiger partial charge < -0.3 is 14.8 Å². The summed E-state index contributed by atoms with van der Waals surface area (Å²) in [6, 6.07) is 16.6. The lowest BCUT2D eigenvalue weighted by atomic mass is 9.70. The summed E-state index contributed by atoms with van der Waals surface area (Å²) in [6.07, 6.45) is 3.20. The van der Waals surface area contributed by atoms with Gasteiger partial charge >= 0.3 is 6.09 Å². The Hall–Kier alpha value is -3.12. The Kier molecular flexibility index (Phi) is 3.80. The van der Waals surface area contributed by atoms with Crippen molar-refractivity contribution in [3.63, 3.8) is 0 Å². The Morgan fingerprint density at radius 1 is 1.13 bits per heavy atom. The molecule has 2 aromatic carbocycles. The third kappa shape index (κ3) is 2.34. The van der Waals surface area contributed by atoms with Crippen LogP contribution in [0.5, 0.6) is 0 Å². The number of hydrogen-bond acceptors (Lipinski definition) is 4. The first kappa shape index (κ1) is 17.7. The van der Waals surface area contributed by atoms with Gasteiger partial charge in [0.25, 0.3) is 0 Å². The van der Waals surface area contributed by atoms with Gasteiger partial charge in [-0.05, 0) is 41.5 Å². The highest BCUT2D eigenvalue weighted by Crippen LogP contribution is 2.51. The number of aromatic amines is 1. The molecule has 0 bridgehead atoms. The molecule has 1 unspecified atom stereocenters. The quantitative estimate of drug-likeness (QED) is 0.678. The molecule has 2 aliphatic carbocycles. The van der Waals surface area contributed by atoms with Crippen LogP contribution < -0.4 is 0 Å². The molecule has 152 valence electrons. The summed E-state index contributed by atoms with van der Waals surface area (Å²) in [7, 11) is 0. The fraction of sp³-hybridized carbons (Fsp3) is 0.333. The normalized spacial score (nSPS) is 21.0. The van der Waals surface area contributed by atoms with E-state index in [9.17, 15) is 9.90 Å². The number of nitrogens with one attached hydrogen (secondary N) is 1. The van der Waals surface area contributed by atoms with Crippen molar-refractivity contribution in [1.82, 2.24) is 14.9 Å². The van der Waals surface area contributed by atoms with Crippen LogP contribution in [0, 0.1) is 0 Å². The van der Waals surface area contributed by atoms with Crippen LogP contribution in [-0.4, -0.2) is 39.2 Å². The second-order valence-electron chi connectivity index (χ2n) is 8.48. The van der Waals surface area contributed by atoms with Gasteiger partial charge in [0, 0.05) is 5.92 Å². The minimum atomic E-state index is -0.769. The average molecular weight is 401 g/mol. The number of β-amino-alcohol motifs (C(OH)–C–C–N with tert-alkyl or cyclic N) is 1. The predicted octanol–water partition coefficient (Wildman–Crippen LogP) is 4.09. The van der Waals surface area contributed by atoms with E-state index in [4.69, 9.17) is 4.74 Å². The second-order valence-corrected chi connectivity index (χ2v) is 8.48. The molecule has 2 heterocycles. The molecule has 1 aliphatic heterocycles. The average Bonchev–Trinajstić information content (AvgIpc) is 3.35. The number of hydrogen-bond donors (Lipinski definition) is 2. The van der Waals surface area contributed by atoms with Gasteiger partial charge in [-0.2, -0.15) is 0 Å². The molecule has 0 saturated heterocycles. The molecule has 3 aromatic rings. The minimum Gasteiger partial charge on any atom is -0.448 e. The molecule has 1 atom stereocenters. The standard InChI is InChI=1S/C24H23N3O3/c28-20-12-27(24(10-5-11-24)22-21(20)25-14-26-22)23(29)30-13-19-17-8-3-1-6-15(17)16-7-2-4-9-18(16)19/h1-4,6-9,14,19-20,28H,5,10-13H2,(H,25,26). The van der Waals surface area contributed by atoms with Crippen molar-refractivity contribution in [3.05, 3.63) is 77.4 Å². The molecule has 0 radical (unpaired) electrons. The Morgan fingerprint density at radius 2 is 1.80 bits per heavy atom. The van der Waals surface area contributed by atoms with Gasteiger partial charge in [-0.1, -0.05) is 48.5 Å². The van der Waals surface area contributed by atoms with Gasteiger partial charge in [-0.25, -0.2) is 9.78 Å². The van der Waals surface area contributed by atoms with Gasteiger partial charge in [0.05, 0.1) is 29.8 Å². The first-order valence-electron chi connectivity index (χ1n) is 10.5. The molecule has 6 rings (SSSR count). The van der Waals surface area contributed by atoms with Crippen molar-refractivity contribution in [1.29, 1.82) is 0 Å². The van der Waals surface area contributed by atoms with Gasteiger partial charge in [-0.15, -0.1) is 0 Å². The topological polar surface area (TPSA) is 78.5 Å². The van der Waals surface area contributed by atoms with E-state index in [1.807, 2.05) is 24.3 Å². The number of aliphatic hydroxyl groups is 1. The van der Waals surface area contributed by atoms with E-state index < -0.39 is 11.6 Å². The van der Waals surface area contributed by atoms with E-state index in [1.54, 1.807) is 11.2 Å². The zero-order chi connectivity index (χ0) is 20.3. The first-order chi connectivity index (χ1) is 14.7. The summed E-state index contributed by atoms with van der Waals surface area (Å²) >= 11 is 0. The van der Waals surface area contributed by atoms with E-state index in [2.05, 4.69) is 34.2 Å². The molecule has 1 fully saturated rings. The Labute approximate surface area is 174 Å². The zero-order valence-corrected chi connectivity index (χ0v) is 16.5. The van der Waals surface area contributed by atoms with Crippen molar-refractivity contribution in [3.8, 4) is 11.1 Å². The number of imidazole rings is 1. The second kappa shape index (κ2) is 6.44. The van der Waals surface area contributed by atoms with Crippen LogP contribution >= 0.6 is 0 Å². The van der Waals surface area contributed by atoms with Crippen LogP contribution in [0.2, 0.25) is 0 Å². The van der Waals surface area contributed by atoms with E-state index in [0.717, 1.165) is 30.7 Å². The third-order valence-corrected chi connectivity index (χ3v) is 7.05. The summed E-state index contributed by atoms with van der Waals surface area (Å²) < 4.78 is 5.89. The van der Waals surface area contributed by atoms with E-state index in [-0.39, 0.29) is 25.2 Å². The summed E-state index contributed by atoms with van der Waals surface area (Å²) in [5, 5.41) is 10.5. The Balaban J connectivity index is 1.27. The largest absolute Gasteiger partial charge is 0.448 e. The van der Waals surface area contributed by atoms with E-state index in [0.29, 0.717) is 0 Å². The highest BCUT2D eigenvalue weighted by atomic mass is 16.6. The lowest BCUT2D eigenvalue weighted by molar-refractivity contribution is -0.0388. The van der Waals surface area contributed by atoms with Crippen LogP contribution in [0.15, 0.2) is 54.9 Å². The van der Waals surface area contributed by atoms with Gasteiger partial charge in [-0.3, -0.25) is 4.90 Å². The molecular weight excluding hydrogens is 378 g/mol. The highest BCUT2D eigenvalue weighted by Gasteiger charge is 2.53. The molecule has 3 aliphatic rings. The lowest BCUT2D eigenvalue weighted by Crippen LogP contribution is -2.58. The minimum absolute atomic E-state index is 0.0225. The van der Waals surface area contributed by atoms with E-state index >= 15 is 0 Å². The van der Waals surface area contributed by atoms with Crippen LogP contribution in [0.25, 0.3) is 11.1 Å². The van der Waals surface area contributed by atoms with Crippen LogP contribution in [-0.2, 0) is 10.3 Å². The lowest BCUT2D eigenvalue weighted by Gasteiger charge is -2.52. The number of aromatic nitrogens is 2. The van der Waals surface area contributed by atoms with Gasteiger partial charge in [0.2, 0.25) is 0 Å². The third-order valence-electron chi connectivity index (χ3n) is 7.05. The molecule has 1 spiro atoms. The molecular formula is C24H23N3O3. The Bertz CT molecular complexity index is 1090. The number of fused-ring (bicyclic) bond motifs is 5. The van der Waals surface area contributed by atoms with Gasteiger partial charge in [0.15, 0.2) is 0 Å². The molecule has 1 aromatic heterocycles. The molecule has 1 saturated carbocycles. The monoisotopic (exact) mass is 401 g/mol. The molecule has 30 heavy (non-hydrogen) atoms. The number of benzene rings is 2. The smallest absolute Gasteiger partial charge is 0.410 e. The first-order valence-corrected chi connectivity index (χ1v) is 10.5. The van der Waals surface area contributed by atoms with Crippen molar-refractivity contribution in [2.75, 3.05) is 13.2 Å². The summed E-state index contributed by atoms with van der Waals surface area (Å²) in [5.74, 6) is 0.0225. The Morgan fingerprint density at radius 3 is 2.43 bits per heavy atom. The maximum atomic E-state index is 13.2. The number of carbonyl (C=O) groups is 1. The fourth-order valence-corrected chi connectivity index (χ4v) is 5.44. The summed E-state index contributed by atoms with van der Waals surface area (Å²) in [6.45, 7) is 0.509. The van der Waals surface area contributed by atoms with Crippen LogP contribution in [0.1, 0.15) is 53.8 Å². The molecule has 6 heteroatoms. The van der Waals surface area contributed by atoms with Crippen molar-refractivity contribution in [2.45, 2.75) is 36.8 Å². The van der Waals surface area contributed by atoms with Crippen molar-refractivity contribution in [2.24, 2.45) is 0 Å². The fourth-order valence-electron chi connectivity index (χ4n) is 5.44. The number of ether oxygens (including phenoxy) is 1.